The summed E-state index contributed by atoms with van der Waals surface area (Å²) >= 11 is 0. The molecule has 0 aliphatic carbocycles. The van der Waals surface area contributed by atoms with Crippen LogP contribution in [-0.4, -0.2) is 22.4 Å². The van der Waals surface area contributed by atoms with Crippen molar-refractivity contribution in [1.29, 1.82) is 0 Å². The second-order valence-corrected chi connectivity index (χ2v) is 5.29. The van der Waals surface area contributed by atoms with Crippen LogP contribution in [0.2, 0.25) is 0 Å². The summed E-state index contributed by atoms with van der Waals surface area (Å²) in [5, 5.41) is 7.85. The molecule has 2 rings (SSSR count). The van der Waals surface area contributed by atoms with Crippen molar-refractivity contribution in [2.45, 2.75) is 46.2 Å². The number of nitrogens with zero attached hydrogens (tertiary/aromatic N) is 2. The molecule has 0 aliphatic rings. The van der Waals surface area contributed by atoms with E-state index in [9.17, 15) is 0 Å². The van der Waals surface area contributed by atoms with Crippen molar-refractivity contribution in [2.75, 3.05) is 6.54 Å². The Morgan fingerprint density at radius 1 is 1.15 bits per heavy atom. The number of aromatic nitrogens is 2. The maximum Gasteiger partial charge on any atom is 0.0682 e. The molecule has 1 heterocycles. The zero-order chi connectivity index (χ0) is 14.4. The van der Waals surface area contributed by atoms with Gasteiger partial charge < -0.3 is 5.32 Å². The molecule has 0 fully saturated rings. The molecule has 0 saturated carbocycles. The van der Waals surface area contributed by atoms with Gasteiger partial charge in [-0.25, -0.2) is 0 Å². The minimum atomic E-state index is 0.530. The Morgan fingerprint density at radius 2 is 1.90 bits per heavy atom. The third-order valence-corrected chi connectivity index (χ3v) is 3.55. The van der Waals surface area contributed by atoms with Crippen molar-refractivity contribution in [3.05, 3.63) is 42.1 Å². The van der Waals surface area contributed by atoms with Gasteiger partial charge in [-0.1, -0.05) is 31.2 Å². The fraction of sp³-hybridized carbons (Fsp3) is 0.471. The highest BCUT2D eigenvalue weighted by Gasteiger charge is 2.06. The number of nitrogens with one attached hydrogen (secondary N) is 1. The lowest BCUT2D eigenvalue weighted by molar-refractivity contribution is 0.543. The second kappa shape index (κ2) is 7.25. The van der Waals surface area contributed by atoms with Gasteiger partial charge >= 0.3 is 0 Å². The van der Waals surface area contributed by atoms with Gasteiger partial charge in [0.2, 0.25) is 0 Å². The van der Waals surface area contributed by atoms with Crippen LogP contribution in [0.15, 0.2) is 36.5 Å². The highest BCUT2D eigenvalue weighted by molar-refractivity contribution is 5.59. The SMILES string of the molecule is CCCNC(C)Cc1ccc(-c2ccnn2CC)cc1. The average molecular weight is 271 g/mol. The van der Waals surface area contributed by atoms with Crippen molar-refractivity contribution in [2.24, 2.45) is 0 Å². The summed E-state index contributed by atoms with van der Waals surface area (Å²) in [6.45, 7) is 8.56. The molecule has 0 saturated heterocycles. The molecule has 0 bridgehead atoms. The fourth-order valence-electron chi connectivity index (χ4n) is 2.46. The van der Waals surface area contributed by atoms with Crippen LogP contribution in [0.5, 0.6) is 0 Å². The van der Waals surface area contributed by atoms with Crippen LogP contribution in [0.1, 0.15) is 32.8 Å². The maximum absolute atomic E-state index is 4.32. The number of rotatable bonds is 7. The number of hydrogen-bond donors (Lipinski definition) is 1. The minimum Gasteiger partial charge on any atom is -0.314 e. The third-order valence-electron chi connectivity index (χ3n) is 3.55. The smallest absolute Gasteiger partial charge is 0.0682 e. The lowest BCUT2D eigenvalue weighted by Crippen LogP contribution is -2.28. The highest BCUT2D eigenvalue weighted by Crippen LogP contribution is 2.19. The van der Waals surface area contributed by atoms with Gasteiger partial charge in [0.15, 0.2) is 0 Å². The van der Waals surface area contributed by atoms with Crippen molar-refractivity contribution >= 4 is 0 Å². The summed E-state index contributed by atoms with van der Waals surface area (Å²) in [6.07, 6.45) is 4.13. The van der Waals surface area contributed by atoms with Gasteiger partial charge in [-0.2, -0.15) is 5.10 Å². The molecule has 1 aromatic carbocycles. The molecular weight excluding hydrogens is 246 g/mol. The van der Waals surface area contributed by atoms with Gasteiger partial charge in [0.05, 0.1) is 5.69 Å². The van der Waals surface area contributed by atoms with Crippen molar-refractivity contribution in [3.8, 4) is 11.3 Å². The Morgan fingerprint density at radius 3 is 2.55 bits per heavy atom. The molecule has 1 aromatic heterocycles. The van der Waals surface area contributed by atoms with Crippen LogP contribution in [0.4, 0.5) is 0 Å². The van der Waals surface area contributed by atoms with E-state index in [1.165, 1.54) is 23.2 Å². The Balaban J connectivity index is 2.03. The van der Waals surface area contributed by atoms with E-state index in [-0.39, 0.29) is 0 Å². The molecule has 0 spiro atoms. The van der Waals surface area contributed by atoms with Crippen molar-refractivity contribution < 1.29 is 0 Å². The molecule has 20 heavy (non-hydrogen) atoms. The van der Waals surface area contributed by atoms with Crippen LogP contribution < -0.4 is 5.32 Å². The van der Waals surface area contributed by atoms with Crippen LogP contribution in [0, 0.1) is 0 Å². The molecule has 3 heteroatoms. The summed E-state index contributed by atoms with van der Waals surface area (Å²) in [6, 6.07) is 11.5. The monoisotopic (exact) mass is 271 g/mol. The average Bonchev–Trinajstić information content (AvgIpc) is 2.94. The second-order valence-electron chi connectivity index (χ2n) is 5.29. The van der Waals surface area contributed by atoms with Gasteiger partial charge in [-0.15, -0.1) is 0 Å². The Labute approximate surface area is 122 Å². The first-order valence-electron chi connectivity index (χ1n) is 7.59. The first-order valence-corrected chi connectivity index (χ1v) is 7.59. The van der Waals surface area contributed by atoms with E-state index in [0.29, 0.717) is 6.04 Å². The van der Waals surface area contributed by atoms with E-state index in [2.05, 4.69) is 61.5 Å². The fourth-order valence-corrected chi connectivity index (χ4v) is 2.46. The summed E-state index contributed by atoms with van der Waals surface area (Å²) in [4.78, 5) is 0. The van der Waals surface area contributed by atoms with E-state index < -0.39 is 0 Å². The minimum absolute atomic E-state index is 0.530. The molecule has 0 radical (unpaired) electrons. The van der Waals surface area contributed by atoms with Gasteiger partial charge in [-0.3, -0.25) is 4.68 Å². The van der Waals surface area contributed by atoms with E-state index in [4.69, 9.17) is 0 Å². The number of hydrogen-bond acceptors (Lipinski definition) is 2. The van der Waals surface area contributed by atoms with Gasteiger partial charge in [0.25, 0.3) is 0 Å². The molecule has 2 aromatic rings. The predicted molar refractivity (Wildman–Crippen MR) is 84.8 cm³/mol. The van der Waals surface area contributed by atoms with E-state index in [1.807, 2.05) is 10.9 Å². The van der Waals surface area contributed by atoms with Gasteiger partial charge in [-0.05, 0) is 50.4 Å². The summed E-state index contributed by atoms with van der Waals surface area (Å²) in [5.41, 5.74) is 3.81. The number of benzene rings is 1. The highest BCUT2D eigenvalue weighted by atomic mass is 15.3. The summed E-state index contributed by atoms with van der Waals surface area (Å²) < 4.78 is 2.03. The third kappa shape index (κ3) is 3.70. The van der Waals surface area contributed by atoms with Crippen molar-refractivity contribution in [3.63, 3.8) is 0 Å². The van der Waals surface area contributed by atoms with E-state index in [1.54, 1.807) is 0 Å². The van der Waals surface area contributed by atoms with Crippen LogP contribution in [0.3, 0.4) is 0 Å². The lowest BCUT2D eigenvalue weighted by atomic mass is 10.0. The normalized spacial score (nSPS) is 12.6. The Kier molecular flexibility index (Phi) is 5.36. The standard InChI is InChI=1S/C17H25N3/c1-4-11-18-14(3)13-15-6-8-16(9-7-15)17-10-12-19-20(17)5-2/h6-10,12,14,18H,4-5,11,13H2,1-3H3. The van der Waals surface area contributed by atoms with Crippen molar-refractivity contribution in [1.82, 2.24) is 15.1 Å². The molecule has 1 N–H and O–H groups in total. The van der Waals surface area contributed by atoms with Crippen LogP contribution in [0.25, 0.3) is 11.3 Å². The predicted octanol–water partition coefficient (Wildman–Crippen LogP) is 3.50. The Bertz CT molecular complexity index is 513. The zero-order valence-electron chi connectivity index (χ0n) is 12.8. The summed E-state index contributed by atoms with van der Waals surface area (Å²) in [7, 11) is 0. The quantitative estimate of drug-likeness (QED) is 0.835. The zero-order valence-corrected chi connectivity index (χ0v) is 12.8. The topological polar surface area (TPSA) is 29.9 Å². The lowest BCUT2D eigenvalue weighted by Gasteiger charge is -2.13. The molecule has 3 nitrogen and oxygen atoms in total. The molecule has 0 amide bonds. The molecule has 1 atom stereocenters. The van der Waals surface area contributed by atoms with E-state index >= 15 is 0 Å². The van der Waals surface area contributed by atoms with E-state index in [0.717, 1.165) is 19.5 Å². The first kappa shape index (κ1) is 14.8. The first-order chi connectivity index (χ1) is 9.74. The Hall–Kier alpha value is -1.61. The van der Waals surface area contributed by atoms with Gasteiger partial charge in [0, 0.05) is 18.8 Å². The summed E-state index contributed by atoms with van der Waals surface area (Å²) in [5.74, 6) is 0. The number of aryl methyl sites for hydroxylation is 1. The molecule has 1 unspecified atom stereocenters. The maximum atomic E-state index is 4.32. The molecule has 108 valence electrons. The van der Waals surface area contributed by atoms with Gasteiger partial charge in [0.1, 0.15) is 0 Å². The molecule has 0 aliphatic heterocycles. The van der Waals surface area contributed by atoms with Crippen LogP contribution >= 0.6 is 0 Å². The molecular formula is C17H25N3. The van der Waals surface area contributed by atoms with Crippen LogP contribution in [-0.2, 0) is 13.0 Å². The largest absolute Gasteiger partial charge is 0.314 e.